The number of hydrogen-bond donors (Lipinski definition) is 2. The lowest BCUT2D eigenvalue weighted by molar-refractivity contribution is -0.125. The van der Waals surface area contributed by atoms with E-state index in [1.54, 1.807) is 0 Å². The molecule has 0 bridgehead atoms. The maximum absolute atomic E-state index is 12.7. The van der Waals surface area contributed by atoms with Crippen molar-refractivity contribution in [2.45, 2.75) is 25.9 Å². The van der Waals surface area contributed by atoms with Gasteiger partial charge in [-0.1, -0.05) is 48.5 Å². The maximum Gasteiger partial charge on any atom is 0.249 e. The molecule has 156 valence electrons. The highest BCUT2D eigenvalue weighted by Crippen LogP contribution is 2.16. The van der Waals surface area contributed by atoms with Crippen LogP contribution in [0.1, 0.15) is 17.5 Å². The van der Waals surface area contributed by atoms with E-state index in [4.69, 9.17) is 0 Å². The van der Waals surface area contributed by atoms with Gasteiger partial charge in [-0.3, -0.25) is 19.8 Å². The molecule has 2 aromatic carbocycles. The molecule has 2 N–H and O–H groups in total. The lowest BCUT2D eigenvalue weighted by Gasteiger charge is -2.37. The number of rotatable bonds is 4. The van der Waals surface area contributed by atoms with Gasteiger partial charge < -0.3 is 10.2 Å². The summed E-state index contributed by atoms with van der Waals surface area (Å²) in [6, 6.07) is 17.3. The number of hydrogen-bond acceptors (Lipinski definition) is 5. The third-order valence-electron chi connectivity index (χ3n) is 5.53. The van der Waals surface area contributed by atoms with Crippen molar-refractivity contribution < 1.29 is 9.59 Å². The van der Waals surface area contributed by atoms with E-state index in [0.717, 1.165) is 44.0 Å². The molecule has 2 heterocycles. The van der Waals surface area contributed by atoms with E-state index in [-0.39, 0.29) is 18.2 Å². The molecule has 0 spiro atoms. The highest BCUT2D eigenvalue weighted by atomic mass is 16.2. The van der Waals surface area contributed by atoms with Gasteiger partial charge in [-0.2, -0.15) is 0 Å². The van der Waals surface area contributed by atoms with Gasteiger partial charge in [0.2, 0.25) is 17.8 Å². The fraction of sp³-hybridized carbons (Fsp3) is 0.348. The Kier molecular flexibility index (Phi) is 6.09. The van der Waals surface area contributed by atoms with Crippen molar-refractivity contribution in [3.05, 3.63) is 65.7 Å². The second-order valence-corrected chi connectivity index (χ2v) is 7.77. The Morgan fingerprint density at radius 1 is 1.07 bits per heavy atom. The molecule has 30 heavy (non-hydrogen) atoms. The monoisotopic (exact) mass is 405 g/mol. The van der Waals surface area contributed by atoms with Crippen molar-refractivity contribution in [3.63, 3.8) is 0 Å². The minimum absolute atomic E-state index is 0.0647. The highest BCUT2D eigenvalue weighted by molar-refractivity contribution is 6.06. The number of nitrogens with one attached hydrogen (secondary N) is 2. The smallest absolute Gasteiger partial charge is 0.249 e. The Bertz CT molecular complexity index is 936. The van der Waals surface area contributed by atoms with Crippen LogP contribution in [0, 0.1) is 6.92 Å². The van der Waals surface area contributed by atoms with E-state index in [9.17, 15) is 9.59 Å². The van der Waals surface area contributed by atoms with Crippen LogP contribution in [0.2, 0.25) is 0 Å². The zero-order valence-corrected chi connectivity index (χ0v) is 17.2. The lowest BCUT2D eigenvalue weighted by Crippen LogP contribution is -2.56. The fourth-order valence-electron chi connectivity index (χ4n) is 3.78. The summed E-state index contributed by atoms with van der Waals surface area (Å²) in [5, 5.41) is 5.75. The van der Waals surface area contributed by atoms with Crippen molar-refractivity contribution >= 4 is 23.5 Å². The number of piperazine rings is 1. The minimum atomic E-state index is -0.712. The number of guanidine groups is 1. The Morgan fingerprint density at radius 2 is 1.77 bits per heavy atom. The summed E-state index contributed by atoms with van der Waals surface area (Å²) in [7, 11) is 0. The first-order valence-corrected chi connectivity index (χ1v) is 10.3. The molecule has 2 aliphatic rings. The quantitative estimate of drug-likeness (QED) is 0.816. The zero-order chi connectivity index (χ0) is 20.9. The molecule has 0 aliphatic carbocycles. The molecule has 0 aromatic heterocycles. The summed E-state index contributed by atoms with van der Waals surface area (Å²) in [4.78, 5) is 34.0. The molecule has 2 aliphatic heterocycles. The van der Waals surface area contributed by atoms with Gasteiger partial charge in [0.15, 0.2) is 0 Å². The van der Waals surface area contributed by atoms with Gasteiger partial charge in [-0.15, -0.1) is 0 Å². The van der Waals surface area contributed by atoms with E-state index in [0.29, 0.717) is 5.96 Å². The van der Waals surface area contributed by atoms with E-state index in [1.165, 1.54) is 5.56 Å². The van der Waals surface area contributed by atoms with Crippen LogP contribution in [0.3, 0.4) is 0 Å². The third kappa shape index (κ3) is 4.86. The average molecular weight is 406 g/mol. The topological polar surface area (TPSA) is 77.0 Å². The largest absolute Gasteiger partial charge is 0.340 e. The minimum Gasteiger partial charge on any atom is -0.340 e. The molecule has 0 saturated carbocycles. The van der Waals surface area contributed by atoms with Crippen molar-refractivity contribution in [1.82, 2.24) is 15.1 Å². The van der Waals surface area contributed by atoms with E-state index in [1.807, 2.05) is 37.3 Å². The molecule has 0 radical (unpaired) electrons. The van der Waals surface area contributed by atoms with Crippen molar-refractivity contribution in [2.24, 2.45) is 4.99 Å². The number of carbonyl (C=O) groups excluding carboxylic acids is 2. The molecular formula is C23H27N5O2. The van der Waals surface area contributed by atoms with Crippen LogP contribution in [0.5, 0.6) is 0 Å². The summed E-state index contributed by atoms with van der Waals surface area (Å²) < 4.78 is 0. The Morgan fingerprint density at radius 3 is 2.50 bits per heavy atom. The number of para-hydroxylation sites is 1. The SMILES string of the molecule is Cc1ccccc1NC(=O)C1CC(=O)NC(N2CCN(Cc3ccccc3)CC2)=N1. The molecule has 4 rings (SSSR count). The summed E-state index contributed by atoms with van der Waals surface area (Å²) in [5.41, 5.74) is 3.02. The summed E-state index contributed by atoms with van der Waals surface area (Å²) in [6.07, 6.45) is 0.0647. The van der Waals surface area contributed by atoms with Crippen molar-refractivity contribution in [1.29, 1.82) is 0 Å². The first-order valence-electron chi connectivity index (χ1n) is 10.3. The second-order valence-electron chi connectivity index (χ2n) is 7.77. The Labute approximate surface area is 176 Å². The van der Waals surface area contributed by atoms with Gasteiger partial charge in [0, 0.05) is 38.4 Å². The fourth-order valence-corrected chi connectivity index (χ4v) is 3.78. The Balaban J connectivity index is 1.37. The number of carbonyl (C=O) groups is 2. The molecular weight excluding hydrogens is 378 g/mol. The van der Waals surface area contributed by atoms with Crippen LogP contribution in [0.4, 0.5) is 5.69 Å². The first kappa shape index (κ1) is 20.1. The number of aliphatic imine (C=N–C) groups is 1. The van der Waals surface area contributed by atoms with E-state index in [2.05, 4.69) is 49.7 Å². The average Bonchev–Trinajstić information content (AvgIpc) is 2.76. The third-order valence-corrected chi connectivity index (χ3v) is 5.53. The van der Waals surface area contributed by atoms with Gasteiger partial charge in [-0.25, -0.2) is 4.99 Å². The summed E-state index contributed by atoms with van der Waals surface area (Å²) >= 11 is 0. The summed E-state index contributed by atoms with van der Waals surface area (Å²) in [5.74, 6) is 0.0894. The number of benzene rings is 2. The van der Waals surface area contributed by atoms with Gasteiger partial charge in [0.25, 0.3) is 0 Å². The van der Waals surface area contributed by atoms with E-state index < -0.39 is 6.04 Å². The van der Waals surface area contributed by atoms with Gasteiger partial charge in [0.1, 0.15) is 6.04 Å². The van der Waals surface area contributed by atoms with Crippen LogP contribution in [0.15, 0.2) is 59.6 Å². The van der Waals surface area contributed by atoms with Crippen LogP contribution >= 0.6 is 0 Å². The molecule has 1 atom stereocenters. The van der Waals surface area contributed by atoms with E-state index >= 15 is 0 Å². The van der Waals surface area contributed by atoms with Crippen LogP contribution in [-0.2, 0) is 16.1 Å². The van der Waals surface area contributed by atoms with Crippen molar-refractivity contribution in [3.8, 4) is 0 Å². The Hall–Kier alpha value is -3.19. The predicted molar refractivity (Wildman–Crippen MR) is 117 cm³/mol. The maximum atomic E-state index is 12.7. The highest BCUT2D eigenvalue weighted by Gasteiger charge is 2.30. The normalized spacial score (nSPS) is 19.8. The number of anilines is 1. The van der Waals surface area contributed by atoms with Gasteiger partial charge in [0.05, 0.1) is 6.42 Å². The number of aryl methyl sites for hydroxylation is 1. The molecule has 2 amide bonds. The molecule has 7 heteroatoms. The molecule has 1 saturated heterocycles. The predicted octanol–water partition coefficient (Wildman–Crippen LogP) is 2.00. The van der Waals surface area contributed by atoms with Gasteiger partial charge >= 0.3 is 0 Å². The standard InChI is InChI=1S/C23H27N5O2/c1-17-7-5-6-10-19(17)24-22(30)20-15-21(29)26-23(25-20)28-13-11-27(12-14-28)16-18-8-3-2-4-9-18/h2-10,20H,11-16H2,1H3,(H,24,30)(H,25,26,29). The van der Waals surface area contributed by atoms with Crippen LogP contribution in [-0.4, -0.2) is 59.8 Å². The molecule has 1 fully saturated rings. The molecule has 1 unspecified atom stereocenters. The number of nitrogens with zero attached hydrogens (tertiary/aromatic N) is 3. The number of amides is 2. The zero-order valence-electron chi connectivity index (χ0n) is 17.2. The lowest BCUT2D eigenvalue weighted by atomic mass is 10.1. The summed E-state index contributed by atoms with van der Waals surface area (Å²) in [6.45, 7) is 6.13. The van der Waals surface area contributed by atoms with Crippen molar-refractivity contribution in [2.75, 3.05) is 31.5 Å². The van der Waals surface area contributed by atoms with Gasteiger partial charge in [-0.05, 0) is 24.1 Å². The van der Waals surface area contributed by atoms with Crippen LogP contribution < -0.4 is 10.6 Å². The van der Waals surface area contributed by atoms with Crippen LogP contribution in [0.25, 0.3) is 0 Å². The first-order chi connectivity index (χ1) is 14.6. The molecule has 7 nitrogen and oxygen atoms in total. The second kappa shape index (κ2) is 9.09. The molecule has 2 aromatic rings.